The molecule has 1 aromatic heterocycles. The first-order valence-electron chi connectivity index (χ1n) is 6.62. The molecule has 0 aliphatic carbocycles. The molecule has 2 atom stereocenters. The molecule has 2 aromatic rings. The monoisotopic (exact) mass is 288 g/mol. The molecule has 2 unspecified atom stereocenters. The van der Waals surface area contributed by atoms with Gasteiger partial charge in [-0.1, -0.05) is 18.2 Å². The Morgan fingerprint density at radius 2 is 1.95 bits per heavy atom. The lowest BCUT2D eigenvalue weighted by Gasteiger charge is -2.16. The number of nitrogens with zero attached hydrogens (tertiary/aromatic N) is 2. The zero-order valence-electron chi connectivity index (χ0n) is 11.2. The van der Waals surface area contributed by atoms with E-state index in [0.717, 1.165) is 5.39 Å². The lowest BCUT2D eigenvalue weighted by Crippen LogP contribution is -2.30. The van der Waals surface area contributed by atoms with Gasteiger partial charge in [0.05, 0.1) is 23.4 Å². The van der Waals surface area contributed by atoms with Crippen molar-refractivity contribution in [3.05, 3.63) is 36.0 Å². The summed E-state index contributed by atoms with van der Waals surface area (Å²) < 4.78 is 0. The molecular formula is C14H16N4O3. The number of nitrogen functional groups attached to an aromatic ring is 1. The summed E-state index contributed by atoms with van der Waals surface area (Å²) in [7, 11) is 0. The molecule has 110 valence electrons. The quantitative estimate of drug-likeness (QED) is 0.446. The van der Waals surface area contributed by atoms with Crippen molar-refractivity contribution < 1.29 is 15.0 Å². The first-order valence-corrected chi connectivity index (χ1v) is 6.62. The standard InChI is InChI=1S/C14H16N4O3/c15-17-10-5-11(16-9-4-2-1-3-8(9)10)14(21)18-6-12(19)13(20)7-18/h1-5,12-13,19-20H,6-7,15H2,(H,16,17). The number of hydrogen-bond acceptors (Lipinski definition) is 6. The van der Waals surface area contributed by atoms with E-state index in [2.05, 4.69) is 10.4 Å². The second-order valence-corrected chi connectivity index (χ2v) is 5.06. The number of fused-ring (bicyclic) bond motifs is 1. The van der Waals surface area contributed by atoms with E-state index < -0.39 is 12.2 Å². The number of rotatable bonds is 2. The summed E-state index contributed by atoms with van der Waals surface area (Å²) in [6.45, 7) is 0.194. The fraction of sp³-hybridized carbons (Fsp3) is 0.286. The van der Waals surface area contributed by atoms with E-state index in [1.54, 1.807) is 12.1 Å². The predicted molar refractivity (Wildman–Crippen MR) is 77.5 cm³/mol. The molecule has 2 heterocycles. The van der Waals surface area contributed by atoms with Crippen molar-refractivity contribution in [1.82, 2.24) is 9.88 Å². The molecule has 0 saturated carbocycles. The summed E-state index contributed by atoms with van der Waals surface area (Å²) in [4.78, 5) is 18.1. The number of likely N-dealkylation sites (tertiary alicyclic amines) is 1. The highest BCUT2D eigenvalue weighted by Gasteiger charge is 2.33. The number of nitrogens with two attached hydrogens (primary N) is 1. The Labute approximate surface area is 121 Å². The third-order valence-corrected chi connectivity index (χ3v) is 3.64. The summed E-state index contributed by atoms with van der Waals surface area (Å²) in [6, 6.07) is 8.91. The maximum Gasteiger partial charge on any atom is 0.272 e. The van der Waals surface area contributed by atoms with Crippen LogP contribution < -0.4 is 11.3 Å². The van der Waals surface area contributed by atoms with E-state index in [4.69, 9.17) is 5.84 Å². The van der Waals surface area contributed by atoms with Gasteiger partial charge >= 0.3 is 0 Å². The van der Waals surface area contributed by atoms with Crippen molar-refractivity contribution in [3.8, 4) is 0 Å². The van der Waals surface area contributed by atoms with Crippen LogP contribution in [-0.4, -0.2) is 51.3 Å². The smallest absolute Gasteiger partial charge is 0.272 e. The van der Waals surface area contributed by atoms with E-state index in [-0.39, 0.29) is 24.7 Å². The fourth-order valence-corrected chi connectivity index (χ4v) is 2.50. The Balaban J connectivity index is 1.99. The second kappa shape index (κ2) is 5.28. The molecule has 1 aliphatic heterocycles. The van der Waals surface area contributed by atoms with Crippen LogP contribution in [0.5, 0.6) is 0 Å². The summed E-state index contributed by atoms with van der Waals surface area (Å²) in [5.74, 6) is 5.16. The largest absolute Gasteiger partial charge is 0.388 e. The van der Waals surface area contributed by atoms with Crippen molar-refractivity contribution in [1.29, 1.82) is 0 Å². The zero-order valence-corrected chi connectivity index (χ0v) is 11.2. The van der Waals surface area contributed by atoms with E-state index in [9.17, 15) is 15.0 Å². The highest BCUT2D eigenvalue weighted by Crippen LogP contribution is 2.23. The van der Waals surface area contributed by atoms with Gasteiger partial charge in [0.2, 0.25) is 0 Å². The minimum absolute atomic E-state index is 0.0971. The Hall–Kier alpha value is -2.22. The number of para-hydroxylation sites is 1. The molecule has 3 rings (SSSR count). The van der Waals surface area contributed by atoms with Gasteiger partial charge in [0, 0.05) is 18.5 Å². The van der Waals surface area contributed by atoms with Crippen LogP contribution in [0.3, 0.4) is 0 Å². The van der Waals surface area contributed by atoms with Gasteiger partial charge in [-0.2, -0.15) is 0 Å². The van der Waals surface area contributed by atoms with Gasteiger partial charge in [-0.15, -0.1) is 0 Å². The summed E-state index contributed by atoms with van der Waals surface area (Å²) >= 11 is 0. The molecule has 5 N–H and O–H groups in total. The van der Waals surface area contributed by atoms with Gasteiger partial charge < -0.3 is 20.5 Å². The predicted octanol–water partition coefficient (Wildman–Crippen LogP) is -0.302. The van der Waals surface area contributed by atoms with Crippen LogP contribution in [0.25, 0.3) is 10.9 Å². The van der Waals surface area contributed by atoms with Crippen LogP contribution in [0.1, 0.15) is 10.5 Å². The normalized spacial score (nSPS) is 21.8. The average molecular weight is 288 g/mol. The molecule has 1 saturated heterocycles. The Bertz CT molecular complexity index is 681. The Morgan fingerprint density at radius 1 is 1.29 bits per heavy atom. The summed E-state index contributed by atoms with van der Waals surface area (Å²) in [5, 5.41) is 19.9. The van der Waals surface area contributed by atoms with Crippen LogP contribution in [0.4, 0.5) is 5.69 Å². The van der Waals surface area contributed by atoms with Crippen LogP contribution in [0.2, 0.25) is 0 Å². The van der Waals surface area contributed by atoms with Crippen molar-refractivity contribution in [3.63, 3.8) is 0 Å². The van der Waals surface area contributed by atoms with Crippen molar-refractivity contribution in [2.24, 2.45) is 5.84 Å². The molecular weight excluding hydrogens is 272 g/mol. The Kier molecular flexibility index (Phi) is 3.46. The van der Waals surface area contributed by atoms with Gasteiger partial charge in [-0.25, -0.2) is 4.98 Å². The van der Waals surface area contributed by atoms with Crippen molar-refractivity contribution in [2.45, 2.75) is 12.2 Å². The number of aliphatic hydroxyl groups excluding tert-OH is 2. The van der Waals surface area contributed by atoms with Crippen molar-refractivity contribution >= 4 is 22.5 Å². The molecule has 7 nitrogen and oxygen atoms in total. The molecule has 21 heavy (non-hydrogen) atoms. The van der Waals surface area contributed by atoms with Crippen LogP contribution in [0.15, 0.2) is 30.3 Å². The third kappa shape index (κ3) is 2.42. The highest BCUT2D eigenvalue weighted by molar-refractivity contribution is 5.99. The first-order chi connectivity index (χ1) is 10.1. The number of hydrazine groups is 1. The van der Waals surface area contributed by atoms with Crippen LogP contribution >= 0.6 is 0 Å². The molecule has 1 amide bonds. The van der Waals surface area contributed by atoms with E-state index >= 15 is 0 Å². The number of anilines is 1. The van der Waals surface area contributed by atoms with E-state index in [0.29, 0.717) is 11.2 Å². The minimum atomic E-state index is -0.915. The lowest BCUT2D eigenvalue weighted by molar-refractivity contribution is 0.0572. The number of nitrogens with one attached hydrogen (secondary N) is 1. The minimum Gasteiger partial charge on any atom is -0.388 e. The molecule has 1 fully saturated rings. The fourth-order valence-electron chi connectivity index (χ4n) is 2.50. The van der Waals surface area contributed by atoms with Crippen molar-refractivity contribution in [2.75, 3.05) is 18.5 Å². The van der Waals surface area contributed by atoms with Crippen LogP contribution in [0, 0.1) is 0 Å². The molecule has 1 aromatic carbocycles. The van der Waals surface area contributed by atoms with Gasteiger partial charge in [0.25, 0.3) is 5.91 Å². The second-order valence-electron chi connectivity index (χ2n) is 5.06. The van der Waals surface area contributed by atoms with E-state index in [1.807, 2.05) is 18.2 Å². The van der Waals surface area contributed by atoms with Gasteiger partial charge in [-0.05, 0) is 12.1 Å². The third-order valence-electron chi connectivity index (χ3n) is 3.64. The number of carbonyl (C=O) groups is 1. The zero-order chi connectivity index (χ0) is 15.0. The molecule has 0 radical (unpaired) electrons. The number of benzene rings is 1. The molecule has 0 bridgehead atoms. The van der Waals surface area contributed by atoms with Crippen LogP contribution in [-0.2, 0) is 0 Å². The average Bonchev–Trinajstić information content (AvgIpc) is 2.84. The maximum absolute atomic E-state index is 12.4. The van der Waals surface area contributed by atoms with Gasteiger partial charge in [-0.3, -0.25) is 10.6 Å². The number of β-amino-alcohol motifs (C(OH)–C–C–N with tert-alkyl or cyclic N) is 2. The van der Waals surface area contributed by atoms with Gasteiger partial charge in [0.1, 0.15) is 5.69 Å². The SMILES string of the molecule is NNc1cc(C(=O)N2CC(O)C(O)C2)nc2ccccc12. The number of pyridine rings is 1. The maximum atomic E-state index is 12.4. The number of hydrogen-bond donors (Lipinski definition) is 4. The number of aliphatic hydroxyl groups is 2. The molecule has 1 aliphatic rings. The lowest BCUT2D eigenvalue weighted by atomic mass is 10.1. The van der Waals surface area contributed by atoms with Gasteiger partial charge in [0.15, 0.2) is 0 Å². The topological polar surface area (TPSA) is 112 Å². The first kappa shape index (κ1) is 13.7. The van der Waals surface area contributed by atoms with E-state index in [1.165, 1.54) is 4.90 Å². The molecule has 7 heteroatoms. The number of amides is 1. The summed E-state index contributed by atoms with van der Waals surface area (Å²) in [6.07, 6.45) is -1.83. The highest BCUT2D eigenvalue weighted by atomic mass is 16.3. The molecule has 0 spiro atoms. The Morgan fingerprint density at radius 3 is 2.62 bits per heavy atom. The number of carbonyl (C=O) groups excluding carboxylic acids is 1. The number of aromatic nitrogens is 1. The summed E-state index contributed by atoms with van der Waals surface area (Å²) in [5.41, 5.74) is 4.04.